The van der Waals surface area contributed by atoms with Crippen LogP contribution in [-0.4, -0.2) is 33.7 Å². The zero-order valence-corrected chi connectivity index (χ0v) is 12.0. The van der Waals surface area contributed by atoms with Gasteiger partial charge in [0, 0.05) is 16.5 Å². The number of hydrogen-bond donors (Lipinski definition) is 0. The molecule has 3 heterocycles. The molecule has 0 aliphatic heterocycles. The molecule has 0 spiro atoms. The van der Waals surface area contributed by atoms with Gasteiger partial charge in [0.05, 0.1) is 31.6 Å². The fourth-order valence-corrected chi connectivity index (χ4v) is 2.31. The van der Waals surface area contributed by atoms with Gasteiger partial charge in [-0.1, -0.05) is 11.6 Å². The zero-order chi connectivity index (χ0) is 17.5. The first kappa shape index (κ1) is 10.4. The van der Waals surface area contributed by atoms with E-state index in [-0.39, 0.29) is 16.9 Å². The summed E-state index contributed by atoms with van der Waals surface area (Å²) in [4.78, 5) is 12.1. The van der Waals surface area contributed by atoms with Crippen molar-refractivity contribution in [3.8, 4) is 23.0 Å². The van der Waals surface area contributed by atoms with E-state index in [1.165, 1.54) is 26.7 Å². The molecule has 7 heteroatoms. The Hall–Kier alpha value is -2.34. The maximum atomic E-state index is 7.88. The Morgan fingerprint density at radius 1 is 1.14 bits per heavy atom. The molecular weight excluding hydrogens is 292 g/mol. The highest BCUT2D eigenvalue weighted by molar-refractivity contribution is 6.30. The lowest BCUT2D eigenvalue weighted by Crippen LogP contribution is -2.01. The summed E-state index contributed by atoms with van der Waals surface area (Å²) in [6.07, 6.45) is 2.69. The molecule has 0 bridgehead atoms. The van der Waals surface area contributed by atoms with Gasteiger partial charge < -0.3 is 14.0 Å². The van der Waals surface area contributed by atoms with Crippen LogP contribution in [0.5, 0.6) is 11.8 Å². The van der Waals surface area contributed by atoms with Crippen LogP contribution in [0.3, 0.4) is 0 Å². The van der Waals surface area contributed by atoms with Crippen molar-refractivity contribution >= 4 is 22.5 Å². The predicted molar refractivity (Wildman–Crippen MR) is 79.9 cm³/mol. The Kier molecular flexibility index (Phi) is 2.58. The number of pyridine rings is 1. The maximum Gasteiger partial charge on any atom is 0.229 e. The molecule has 3 aromatic heterocycles. The van der Waals surface area contributed by atoms with Crippen LogP contribution in [0.25, 0.3) is 22.2 Å². The Bertz CT molecular complexity index is 889. The average molecular weight is 308 g/mol. The molecule has 0 radical (unpaired) electrons. The van der Waals surface area contributed by atoms with Crippen molar-refractivity contribution in [3.05, 3.63) is 29.8 Å². The highest BCUT2D eigenvalue weighted by atomic mass is 35.5. The molecule has 0 atom stereocenters. The first-order chi connectivity index (χ1) is 11.4. The second-order valence-corrected chi connectivity index (χ2v) is 4.59. The van der Waals surface area contributed by atoms with Crippen molar-refractivity contribution in [1.29, 1.82) is 0 Å². The third kappa shape index (κ3) is 2.17. The molecule has 0 fully saturated rings. The molecule has 21 heavy (non-hydrogen) atoms. The number of fused-ring (bicyclic) bond motifs is 1. The smallest absolute Gasteiger partial charge is 0.229 e. The quantitative estimate of drug-likeness (QED) is 0.696. The minimum Gasteiger partial charge on any atom is -0.480 e. The molecule has 0 amide bonds. The van der Waals surface area contributed by atoms with Crippen molar-refractivity contribution in [2.45, 2.75) is 0 Å². The first-order valence-electron chi connectivity index (χ1n) is 7.47. The van der Waals surface area contributed by atoms with Crippen molar-refractivity contribution in [2.75, 3.05) is 14.2 Å². The second-order valence-electron chi connectivity index (χ2n) is 4.20. The number of methoxy groups -OCH3 is 2. The number of hydrogen-bond acceptors (Lipinski definition) is 5. The molecule has 0 saturated carbocycles. The zero-order valence-electron chi connectivity index (χ0n) is 14.3. The van der Waals surface area contributed by atoms with Crippen molar-refractivity contribution in [2.24, 2.45) is 6.98 Å². The lowest BCUT2D eigenvalue weighted by Gasteiger charge is -2.11. The highest BCUT2D eigenvalue weighted by Crippen LogP contribution is 2.37. The summed E-state index contributed by atoms with van der Waals surface area (Å²) in [5.74, 6) is 0.406. The van der Waals surface area contributed by atoms with E-state index in [2.05, 4.69) is 15.0 Å². The van der Waals surface area contributed by atoms with Gasteiger partial charge in [0.2, 0.25) is 11.8 Å². The Morgan fingerprint density at radius 3 is 2.48 bits per heavy atom. The van der Waals surface area contributed by atoms with Gasteiger partial charge in [0.15, 0.2) is 0 Å². The summed E-state index contributed by atoms with van der Waals surface area (Å²) in [5.41, 5.74) is 1.07. The van der Waals surface area contributed by atoms with Crippen LogP contribution in [0.15, 0.2) is 24.7 Å². The average Bonchev–Trinajstić information content (AvgIpc) is 2.92. The van der Waals surface area contributed by atoms with E-state index in [0.717, 1.165) is 4.57 Å². The molecule has 0 aromatic carbocycles. The monoisotopic (exact) mass is 307 g/mol. The van der Waals surface area contributed by atoms with E-state index in [0.29, 0.717) is 22.2 Å². The number of aryl methyl sites for hydroxylation is 1. The van der Waals surface area contributed by atoms with Crippen LogP contribution in [-0.2, 0) is 6.98 Å². The lowest BCUT2D eigenvalue weighted by molar-refractivity contribution is 0.374. The standard InChI is InChI=1S/C14H13ClN4O2/c1-19-9(4-8-5-11(15)16-6-10(8)19)12-13(20-2)17-7-18-14(12)21-3/h4-7H,1-3H3/i1D3. The van der Waals surface area contributed by atoms with Crippen LogP contribution in [0.1, 0.15) is 4.11 Å². The molecular formula is C14H13ClN4O2. The van der Waals surface area contributed by atoms with Crippen LogP contribution in [0.2, 0.25) is 5.15 Å². The van der Waals surface area contributed by atoms with Crippen LogP contribution < -0.4 is 9.47 Å². The van der Waals surface area contributed by atoms with Gasteiger partial charge in [-0.3, -0.25) is 0 Å². The number of aromatic nitrogens is 4. The molecule has 0 saturated heterocycles. The Morgan fingerprint density at radius 2 is 1.86 bits per heavy atom. The fraction of sp³-hybridized carbons (Fsp3) is 0.214. The second kappa shape index (κ2) is 5.21. The summed E-state index contributed by atoms with van der Waals surface area (Å²) < 4.78 is 35.3. The lowest BCUT2D eigenvalue weighted by atomic mass is 10.2. The summed E-state index contributed by atoms with van der Waals surface area (Å²) in [6.45, 7) is -2.46. The first-order valence-corrected chi connectivity index (χ1v) is 6.35. The number of nitrogens with zero attached hydrogens (tertiary/aromatic N) is 4. The minimum atomic E-state index is -2.46. The van der Waals surface area contributed by atoms with Gasteiger partial charge in [-0.25, -0.2) is 15.0 Å². The van der Waals surface area contributed by atoms with Crippen molar-refractivity contribution < 1.29 is 13.6 Å². The third-order valence-corrected chi connectivity index (χ3v) is 3.28. The van der Waals surface area contributed by atoms with Crippen molar-refractivity contribution in [1.82, 2.24) is 19.5 Å². The summed E-state index contributed by atoms with van der Waals surface area (Å²) >= 11 is 5.92. The number of ether oxygens (including phenoxy) is 2. The van der Waals surface area contributed by atoms with Crippen LogP contribution >= 0.6 is 11.6 Å². The fourth-order valence-electron chi connectivity index (χ4n) is 2.15. The summed E-state index contributed by atoms with van der Waals surface area (Å²) in [6, 6.07) is 3.25. The molecule has 0 aliphatic rings. The minimum absolute atomic E-state index is 0.203. The van der Waals surface area contributed by atoms with E-state index in [1.54, 1.807) is 12.1 Å². The van der Waals surface area contributed by atoms with Gasteiger partial charge >= 0.3 is 0 Å². The van der Waals surface area contributed by atoms with E-state index in [4.69, 9.17) is 25.2 Å². The SMILES string of the molecule is [2H]C([2H])([2H])n1c(-c2c(OC)ncnc2OC)cc2cc(Cl)ncc21. The van der Waals surface area contributed by atoms with Gasteiger partial charge in [-0.2, -0.15) is 0 Å². The molecule has 0 unspecified atom stereocenters. The largest absolute Gasteiger partial charge is 0.480 e. The van der Waals surface area contributed by atoms with E-state index >= 15 is 0 Å². The van der Waals surface area contributed by atoms with Crippen LogP contribution in [0.4, 0.5) is 0 Å². The van der Waals surface area contributed by atoms with Gasteiger partial charge in [0.25, 0.3) is 0 Å². The van der Waals surface area contributed by atoms with Gasteiger partial charge in [0.1, 0.15) is 17.0 Å². The predicted octanol–water partition coefficient (Wildman–Crippen LogP) is 2.70. The number of halogens is 1. The normalized spacial score (nSPS) is 13.6. The molecule has 108 valence electrons. The molecule has 3 aromatic rings. The topological polar surface area (TPSA) is 62.1 Å². The van der Waals surface area contributed by atoms with Gasteiger partial charge in [-0.05, 0) is 12.1 Å². The molecule has 0 N–H and O–H groups in total. The number of rotatable bonds is 3. The van der Waals surface area contributed by atoms with E-state index in [1.807, 2.05) is 0 Å². The maximum absolute atomic E-state index is 7.88. The van der Waals surface area contributed by atoms with Crippen molar-refractivity contribution in [3.63, 3.8) is 0 Å². The van der Waals surface area contributed by atoms with Gasteiger partial charge in [-0.15, -0.1) is 0 Å². The van der Waals surface area contributed by atoms with E-state index < -0.39 is 6.98 Å². The van der Waals surface area contributed by atoms with Crippen LogP contribution in [0, 0.1) is 0 Å². The third-order valence-electron chi connectivity index (χ3n) is 3.08. The Labute approximate surface area is 130 Å². The summed E-state index contributed by atoms with van der Waals surface area (Å²) in [5, 5.41) is 0.883. The molecule has 3 rings (SSSR count). The van der Waals surface area contributed by atoms with E-state index in [9.17, 15) is 0 Å². The molecule has 6 nitrogen and oxygen atoms in total. The summed E-state index contributed by atoms with van der Waals surface area (Å²) in [7, 11) is 2.87. The Balaban J connectivity index is 2.43. The highest BCUT2D eigenvalue weighted by Gasteiger charge is 2.19. The molecule has 0 aliphatic carbocycles.